The first-order valence-corrected chi connectivity index (χ1v) is 5.16. The number of nitrogens with zero attached hydrogens (tertiary/aromatic N) is 1. The van der Waals surface area contributed by atoms with E-state index in [1.807, 2.05) is 0 Å². The third-order valence-corrected chi connectivity index (χ3v) is 1.94. The van der Waals surface area contributed by atoms with Crippen molar-refractivity contribution in [1.82, 2.24) is 4.90 Å². The highest BCUT2D eigenvalue weighted by Crippen LogP contribution is 2.21. The first-order valence-electron chi connectivity index (χ1n) is 5.16. The Hall–Kier alpha value is -1.72. The molecule has 0 N–H and O–H groups in total. The Morgan fingerprint density at radius 1 is 1.47 bits per heavy atom. The molecule has 0 saturated carbocycles. The molecular formula is C11H17NO5. The van der Waals surface area contributed by atoms with Crippen LogP contribution < -0.4 is 0 Å². The van der Waals surface area contributed by atoms with Gasteiger partial charge in [-0.2, -0.15) is 0 Å². The molecular weight excluding hydrogens is 226 g/mol. The molecule has 1 rings (SSSR count). The van der Waals surface area contributed by atoms with Crippen molar-refractivity contribution in [2.24, 2.45) is 0 Å². The van der Waals surface area contributed by atoms with E-state index in [1.54, 1.807) is 20.8 Å². The van der Waals surface area contributed by atoms with Gasteiger partial charge in [-0.3, -0.25) is 4.90 Å². The number of hydrogen-bond acceptors (Lipinski definition) is 5. The SMILES string of the molecule is C=C1CN(C(=O)OC(C)(C)C)C(C(=O)OC)O1. The lowest BCUT2D eigenvalue weighted by atomic mass is 10.2. The molecule has 1 aliphatic rings. The van der Waals surface area contributed by atoms with Gasteiger partial charge in [-0.25, -0.2) is 9.59 Å². The van der Waals surface area contributed by atoms with Crippen LogP contribution >= 0.6 is 0 Å². The Bertz CT molecular complexity index is 344. The highest BCUT2D eigenvalue weighted by Gasteiger charge is 2.40. The van der Waals surface area contributed by atoms with Crippen molar-refractivity contribution in [3.05, 3.63) is 12.3 Å². The minimum atomic E-state index is -1.11. The quantitative estimate of drug-likeness (QED) is 0.649. The average molecular weight is 243 g/mol. The standard InChI is InChI=1S/C11H17NO5/c1-7-6-12(8(16-7)9(13)15-5)10(14)17-11(2,3)4/h8H,1,6H2,2-5H3. The summed E-state index contributed by atoms with van der Waals surface area (Å²) in [5.74, 6) is -0.333. The Morgan fingerprint density at radius 3 is 2.53 bits per heavy atom. The molecule has 0 spiro atoms. The van der Waals surface area contributed by atoms with Gasteiger partial charge in [0.2, 0.25) is 0 Å². The Kier molecular flexibility index (Phi) is 3.65. The summed E-state index contributed by atoms with van der Waals surface area (Å²) < 4.78 is 14.8. The van der Waals surface area contributed by atoms with E-state index in [0.29, 0.717) is 5.76 Å². The van der Waals surface area contributed by atoms with Crippen molar-refractivity contribution >= 4 is 12.1 Å². The van der Waals surface area contributed by atoms with Crippen molar-refractivity contribution in [3.8, 4) is 0 Å². The van der Waals surface area contributed by atoms with Gasteiger partial charge in [0.15, 0.2) is 0 Å². The number of carbonyl (C=O) groups excluding carboxylic acids is 2. The van der Waals surface area contributed by atoms with Gasteiger partial charge in [0.25, 0.3) is 6.23 Å². The van der Waals surface area contributed by atoms with Crippen molar-refractivity contribution < 1.29 is 23.8 Å². The van der Waals surface area contributed by atoms with Crippen LogP contribution in [0.15, 0.2) is 12.3 Å². The lowest BCUT2D eigenvalue weighted by Crippen LogP contribution is -2.44. The van der Waals surface area contributed by atoms with Crippen LogP contribution in [0.4, 0.5) is 4.79 Å². The Morgan fingerprint density at radius 2 is 2.06 bits per heavy atom. The van der Waals surface area contributed by atoms with Crippen LogP contribution in [-0.2, 0) is 19.0 Å². The van der Waals surface area contributed by atoms with E-state index in [4.69, 9.17) is 9.47 Å². The van der Waals surface area contributed by atoms with E-state index in [1.165, 1.54) is 7.11 Å². The van der Waals surface area contributed by atoms with Crippen LogP contribution in [0.3, 0.4) is 0 Å². The maximum absolute atomic E-state index is 11.8. The largest absolute Gasteiger partial charge is 0.465 e. The lowest BCUT2D eigenvalue weighted by Gasteiger charge is -2.25. The fourth-order valence-electron chi connectivity index (χ4n) is 1.29. The second kappa shape index (κ2) is 4.65. The van der Waals surface area contributed by atoms with E-state index in [2.05, 4.69) is 11.3 Å². The van der Waals surface area contributed by atoms with Gasteiger partial charge in [0, 0.05) is 0 Å². The first-order chi connectivity index (χ1) is 7.74. The second-order valence-electron chi connectivity index (χ2n) is 4.64. The molecule has 1 unspecified atom stereocenters. The molecule has 17 heavy (non-hydrogen) atoms. The zero-order valence-corrected chi connectivity index (χ0v) is 10.5. The maximum atomic E-state index is 11.8. The number of ether oxygens (including phenoxy) is 3. The topological polar surface area (TPSA) is 65.1 Å². The maximum Gasteiger partial charge on any atom is 0.414 e. The van der Waals surface area contributed by atoms with Gasteiger partial charge in [0.1, 0.15) is 11.4 Å². The first kappa shape index (κ1) is 13.3. The highest BCUT2D eigenvalue weighted by molar-refractivity contribution is 5.81. The summed E-state index contributed by atoms with van der Waals surface area (Å²) in [6, 6.07) is 0. The van der Waals surface area contributed by atoms with Crippen molar-refractivity contribution in [2.75, 3.05) is 13.7 Å². The van der Waals surface area contributed by atoms with Crippen LogP contribution in [0.1, 0.15) is 20.8 Å². The molecule has 1 amide bonds. The Labute approximate surface area is 100 Å². The molecule has 0 bridgehead atoms. The van der Waals surface area contributed by atoms with E-state index in [-0.39, 0.29) is 6.54 Å². The average Bonchev–Trinajstić information content (AvgIpc) is 2.56. The summed E-state index contributed by atoms with van der Waals surface area (Å²) in [6.45, 7) is 8.91. The van der Waals surface area contributed by atoms with Gasteiger partial charge >= 0.3 is 12.1 Å². The van der Waals surface area contributed by atoms with Crippen LogP contribution in [-0.4, -0.2) is 42.4 Å². The third-order valence-electron chi connectivity index (χ3n) is 1.94. The molecule has 6 heteroatoms. The van der Waals surface area contributed by atoms with Gasteiger partial charge < -0.3 is 14.2 Å². The summed E-state index contributed by atoms with van der Waals surface area (Å²) in [6.07, 6.45) is -1.74. The monoisotopic (exact) mass is 243 g/mol. The van der Waals surface area contributed by atoms with Crippen molar-refractivity contribution in [1.29, 1.82) is 0 Å². The summed E-state index contributed by atoms with van der Waals surface area (Å²) in [5.41, 5.74) is -0.637. The van der Waals surface area contributed by atoms with Crippen LogP contribution in [0.25, 0.3) is 0 Å². The van der Waals surface area contributed by atoms with E-state index < -0.39 is 23.9 Å². The molecule has 0 aliphatic carbocycles. The summed E-state index contributed by atoms with van der Waals surface area (Å²) in [7, 11) is 1.22. The molecule has 0 aromatic heterocycles. The second-order valence-corrected chi connectivity index (χ2v) is 4.64. The summed E-state index contributed by atoms with van der Waals surface area (Å²) in [5, 5.41) is 0. The zero-order chi connectivity index (χ0) is 13.2. The normalized spacial score (nSPS) is 19.9. The molecule has 0 aromatic rings. The fourth-order valence-corrected chi connectivity index (χ4v) is 1.29. The number of hydrogen-bond donors (Lipinski definition) is 0. The number of esters is 1. The predicted octanol–water partition coefficient (Wildman–Crippen LogP) is 1.27. The summed E-state index contributed by atoms with van der Waals surface area (Å²) >= 11 is 0. The third kappa shape index (κ3) is 3.37. The van der Waals surface area contributed by atoms with Crippen molar-refractivity contribution in [3.63, 3.8) is 0 Å². The molecule has 0 aromatic carbocycles. The summed E-state index contributed by atoms with van der Waals surface area (Å²) in [4.78, 5) is 24.4. The zero-order valence-electron chi connectivity index (χ0n) is 10.5. The molecule has 0 radical (unpaired) electrons. The van der Waals surface area contributed by atoms with Gasteiger partial charge in [-0.15, -0.1) is 0 Å². The molecule has 1 aliphatic heterocycles. The predicted molar refractivity (Wildman–Crippen MR) is 59.0 cm³/mol. The molecule has 1 saturated heterocycles. The van der Waals surface area contributed by atoms with E-state index in [0.717, 1.165) is 4.90 Å². The van der Waals surface area contributed by atoms with Crippen LogP contribution in [0.5, 0.6) is 0 Å². The van der Waals surface area contributed by atoms with Crippen molar-refractivity contribution in [2.45, 2.75) is 32.6 Å². The van der Waals surface area contributed by atoms with E-state index in [9.17, 15) is 9.59 Å². The van der Waals surface area contributed by atoms with Crippen LogP contribution in [0, 0.1) is 0 Å². The number of carbonyl (C=O) groups is 2. The van der Waals surface area contributed by atoms with Crippen LogP contribution in [0.2, 0.25) is 0 Å². The minimum Gasteiger partial charge on any atom is -0.465 e. The smallest absolute Gasteiger partial charge is 0.414 e. The van der Waals surface area contributed by atoms with Gasteiger partial charge in [-0.1, -0.05) is 6.58 Å². The lowest BCUT2D eigenvalue weighted by molar-refractivity contribution is -0.156. The van der Waals surface area contributed by atoms with Gasteiger partial charge in [0.05, 0.1) is 13.7 Å². The number of amides is 1. The van der Waals surface area contributed by atoms with E-state index >= 15 is 0 Å². The molecule has 1 atom stereocenters. The molecule has 1 fully saturated rings. The molecule has 1 heterocycles. The number of rotatable bonds is 1. The van der Waals surface area contributed by atoms with Gasteiger partial charge in [-0.05, 0) is 20.8 Å². The Balaban J connectivity index is 2.77. The minimum absolute atomic E-state index is 0.120. The molecule has 6 nitrogen and oxygen atoms in total. The number of methoxy groups -OCH3 is 1. The fraction of sp³-hybridized carbons (Fsp3) is 0.636. The molecule has 96 valence electrons. The highest BCUT2D eigenvalue weighted by atomic mass is 16.6.